The van der Waals surface area contributed by atoms with Crippen LogP contribution in [0.5, 0.6) is 0 Å². The fraction of sp³-hybridized carbons (Fsp3) is 0.184. The van der Waals surface area contributed by atoms with Crippen molar-refractivity contribution in [2.75, 3.05) is 0 Å². The smallest absolute Gasteiger partial charge is 0.753 e. The van der Waals surface area contributed by atoms with Crippen molar-refractivity contribution in [3.8, 4) is 22.8 Å². The molecule has 5 rings (SSSR count). The number of isothiocyanates is 1. The van der Waals surface area contributed by atoms with Crippen molar-refractivity contribution in [3.05, 3.63) is 136 Å². The van der Waals surface area contributed by atoms with Crippen molar-refractivity contribution in [1.82, 2.24) is 25.1 Å². The number of rotatable bonds is 13. The average molecular weight is 843 g/mol. The molecule has 5 aromatic rings. The van der Waals surface area contributed by atoms with Crippen LogP contribution in [0.25, 0.3) is 40.3 Å². The largest absolute Gasteiger partial charge is 2.00 e. The second-order valence-electron chi connectivity index (χ2n) is 10.7. The number of thiocarbonyl (C=S) groups is 1. The molecule has 0 unspecified atom stereocenters. The van der Waals surface area contributed by atoms with Crippen molar-refractivity contribution in [2.45, 2.75) is 45.2 Å². The van der Waals surface area contributed by atoms with Crippen molar-refractivity contribution >= 4 is 53.1 Å². The number of hydrogen-bond acceptors (Lipinski definition) is 8. The summed E-state index contributed by atoms with van der Waals surface area (Å²) in [6.45, 7) is 5.57. The number of aromatic nitrogens is 5. The Kier molecular flexibility index (Phi) is 19.5. The number of nitrogens with zero attached hydrogens (tertiary/aromatic N) is 7. The van der Waals surface area contributed by atoms with Gasteiger partial charge in [0.25, 0.3) is 0 Å². The second-order valence-corrected chi connectivity index (χ2v) is 12.1. The Morgan fingerprint density at radius 2 is 1.77 bits per heavy atom. The van der Waals surface area contributed by atoms with Crippen molar-refractivity contribution < 1.29 is 42.6 Å². The van der Waals surface area contributed by atoms with Crippen LogP contribution in [-0.4, -0.2) is 42.5 Å². The molecule has 0 spiro atoms. The van der Waals surface area contributed by atoms with Gasteiger partial charge in [-0.2, -0.15) is 18.3 Å². The van der Waals surface area contributed by atoms with Crippen LogP contribution in [0, 0.1) is 0 Å². The molecule has 0 bridgehead atoms. The van der Waals surface area contributed by atoms with Crippen LogP contribution >= 0.6 is 23.6 Å². The molecule has 0 aliphatic heterocycles. The van der Waals surface area contributed by atoms with E-state index in [2.05, 4.69) is 68.0 Å². The molecule has 0 amide bonds. The standard InChI is InChI=1S/C21H21F3N3S.C16H13N3O2.CNS.Ru/c1-2-3-4-5-6-16-9-10-17(28-16)8-7-15-11-12-25-18(13-15)19-14-20(27-26-19)21(22,23)24;1-12(16(20)21)8-10-17-11-13-5-4-7-15(19-13)14-6-2-3-9-18-14;2-1-3;/h7-14H,2-6H2,1H3;2-11H,1H2,(H,20,21);;/q-1;;-1;+2/b8-7+;10-8-,17-11?;;. The normalized spacial score (nSPS) is 10.9. The number of unbranched alkanes of at least 4 members (excludes halogenated alkanes) is 3. The fourth-order valence-corrected chi connectivity index (χ4v) is 5.23. The molecule has 0 saturated carbocycles. The van der Waals surface area contributed by atoms with E-state index in [1.165, 1.54) is 54.2 Å². The van der Waals surface area contributed by atoms with Gasteiger partial charge >= 0.3 is 31.6 Å². The Hall–Kier alpha value is -5.07. The number of thiophene rings is 1. The summed E-state index contributed by atoms with van der Waals surface area (Å²) in [5, 5.41) is 23.9. The number of aliphatic carboxylic acids is 1. The van der Waals surface area contributed by atoms with E-state index in [1.807, 2.05) is 42.5 Å². The van der Waals surface area contributed by atoms with Crippen LogP contribution in [0.1, 0.15) is 59.3 Å². The monoisotopic (exact) mass is 843 g/mol. The molecule has 5 aromatic heterocycles. The molecule has 53 heavy (non-hydrogen) atoms. The van der Waals surface area contributed by atoms with Gasteiger partial charge in [-0.25, -0.2) is 9.78 Å². The number of carbonyl (C=O) groups is 1. The summed E-state index contributed by atoms with van der Waals surface area (Å²) >= 11 is 5.47. The summed E-state index contributed by atoms with van der Waals surface area (Å²) in [5.41, 5.74) is 2.49. The van der Waals surface area contributed by atoms with E-state index in [4.69, 9.17) is 10.5 Å². The number of hydrogen-bond donors (Lipinski definition) is 1. The van der Waals surface area contributed by atoms with Crippen LogP contribution in [0.15, 0.2) is 109 Å². The number of alkyl halides is 3. The zero-order chi connectivity index (χ0) is 37.8. The maximum Gasteiger partial charge on any atom is 2.00 e. The SMILES string of the molecule is C=C(/C=C\N=Cc1cccc(-c2ccccn2)n1)C(=O)O.CCCCCCc1ccc(/C=C/c2ccnc(-c3cc(C(F)(F)F)n[n-]3)c2)s1.[N-]=C=S.[Ru+2]. The van der Waals surface area contributed by atoms with E-state index >= 15 is 0 Å². The Morgan fingerprint density at radius 3 is 2.45 bits per heavy atom. The summed E-state index contributed by atoms with van der Waals surface area (Å²) < 4.78 is 38.1. The van der Waals surface area contributed by atoms with Crippen LogP contribution in [0.2, 0.25) is 0 Å². The van der Waals surface area contributed by atoms with Gasteiger partial charge in [0.2, 0.25) is 0 Å². The van der Waals surface area contributed by atoms with E-state index in [9.17, 15) is 18.0 Å². The summed E-state index contributed by atoms with van der Waals surface area (Å²) in [7, 11) is 0. The third-order valence-electron chi connectivity index (χ3n) is 6.82. The molecule has 0 fully saturated rings. The van der Waals surface area contributed by atoms with Gasteiger partial charge in [0, 0.05) is 34.0 Å². The third-order valence-corrected chi connectivity index (χ3v) is 7.93. The molecule has 0 aliphatic rings. The Morgan fingerprint density at radius 1 is 1.02 bits per heavy atom. The van der Waals surface area contributed by atoms with Crippen LogP contribution < -0.4 is 5.10 Å². The minimum Gasteiger partial charge on any atom is -0.753 e. The number of carboxylic acid groups (broad SMARTS) is 1. The third kappa shape index (κ3) is 16.0. The van der Waals surface area contributed by atoms with E-state index < -0.39 is 17.8 Å². The number of aryl methyl sites for hydroxylation is 1. The van der Waals surface area contributed by atoms with Crippen LogP contribution in [0.3, 0.4) is 0 Å². The molecule has 15 heteroatoms. The number of halogens is 3. The summed E-state index contributed by atoms with van der Waals surface area (Å²) in [6, 6.07) is 19.8. The zero-order valence-corrected chi connectivity index (χ0v) is 31.8. The molecular weight excluding hydrogens is 809 g/mol. The Labute approximate surface area is 327 Å². The summed E-state index contributed by atoms with van der Waals surface area (Å²) in [6.07, 6.45) is 13.0. The van der Waals surface area contributed by atoms with Crippen LogP contribution in [0.4, 0.5) is 13.2 Å². The molecule has 0 aromatic carbocycles. The van der Waals surface area contributed by atoms with Crippen molar-refractivity contribution in [3.63, 3.8) is 0 Å². The van der Waals surface area contributed by atoms with E-state index in [-0.39, 0.29) is 30.7 Å². The van der Waals surface area contributed by atoms with E-state index in [0.717, 1.165) is 34.3 Å². The molecule has 0 aliphatic carbocycles. The molecule has 0 radical (unpaired) electrons. The van der Waals surface area contributed by atoms with Crippen LogP contribution in [-0.2, 0) is 36.9 Å². The minimum atomic E-state index is -4.50. The van der Waals surface area contributed by atoms with Gasteiger partial charge in [-0.15, -0.1) is 11.3 Å². The summed E-state index contributed by atoms with van der Waals surface area (Å²) in [5.74, 6) is -1.07. The molecule has 1 N–H and O–H groups in total. The van der Waals surface area contributed by atoms with E-state index in [0.29, 0.717) is 11.4 Å². The predicted molar refractivity (Wildman–Crippen MR) is 204 cm³/mol. The predicted octanol–water partition coefficient (Wildman–Crippen LogP) is 9.85. The maximum absolute atomic E-state index is 12.7. The Bertz CT molecular complexity index is 2020. The van der Waals surface area contributed by atoms with Gasteiger partial charge in [0.05, 0.1) is 28.9 Å². The van der Waals surface area contributed by atoms with Gasteiger partial charge in [-0.1, -0.05) is 68.9 Å². The van der Waals surface area contributed by atoms with Gasteiger partial charge in [0.1, 0.15) is 5.69 Å². The molecular formula is C38H34F3N7O2RuS2. The maximum atomic E-state index is 12.7. The minimum absolute atomic E-state index is 0. The van der Waals surface area contributed by atoms with Crippen molar-refractivity contribution in [2.24, 2.45) is 4.99 Å². The van der Waals surface area contributed by atoms with Gasteiger partial charge in [-0.05, 0) is 85.2 Å². The second kappa shape index (κ2) is 23.5. The average Bonchev–Trinajstić information content (AvgIpc) is 3.83. The zero-order valence-electron chi connectivity index (χ0n) is 28.4. The molecule has 9 nitrogen and oxygen atoms in total. The molecule has 274 valence electrons. The quantitative estimate of drug-likeness (QED) is 0.0309. The first-order valence-corrected chi connectivity index (χ1v) is 17.1. The topological polar surface area (TPSA) is 138 Å². The fourth-order valence-electron chi connectivity index (χ4n) is 4.28. The summed E-state index contributed by atoms with van der Waals surface area (Å²) in [4.78, 5) is 29.8. The molecule has 0 saturated heterocycles. The molecule has 5 heterocycles. The first kappa shape index (κ1) is 44.1. The van der Waals surface area contributed by atoms with Crippen molar-refractivity contribution in [1.29, 1.82) is 0 Å². The number of aliphatic imine (C=N–C) groups is 1. The van der Waals surface area contributed by atoms with Gasteiger partial charge < -0.3 is 20.7 Å². The number of pyridine rings is 3. The Balaban J connectivity index is 0.000000347. The molecule has 0 atom stereocenters. The first-order chi connectivity index (χ1) is 25.0. The number of carboxylic acids is 1. The first-order valence-electron chi connectivity index (χ1n) is 15.9. The van der Waals surface area contributed by atoms with Gasteiger partial charge in [-0.3, -0.25) is 15.0 Å². The van der Waals surface area contributed by atoms with E-state index in [1.54, 1.807) is 41.9 Å². The van der Waals surface area contributed by atoms with Gasteiger partial charge in [0.15, 0.2) is 0 Å².